The predicted molar refractivity (Wildman–Crippen MR) is 73.8 cm³/mol. The fourth-order valence-electron chi connectivity index (χ4n) is 2.09. The zero-order chi connectivity index (χ0) is 15.6. The van der Waals surface area contributed by atoms with Crippen molar-refractivity contribution in [2.75, 3.05) is 0 Å². The summed E-state index contributed by atoms with van der Waals surface area (Å²) in [5.41, 5.74) is 2.64. The molecule has 2 unspecified atom stereocenters. The number of nitrogens with two attached hydrogens (primary N) is 1. The Morgan fingerprint density at radius 3 is 2.48 bits per heavy atom. The van der Waals surface area contributed by atoms with Crippen LogP contribution in [0.5, 0.6) is 0 Å². The van der Waals surface area contributed by atoms with Crippen molar-refractivity contribution in [1.82, 2.24) is 5.32 Å². The topological polar surface area (TPSA) is 72.2 Å². The summed E-state index contributed by atoms with van der Waals surface area (Å²) in [5.74, 6) is -3.36. The van der Waals surface area contributed by atoms with Crippen LogP contribution in [0, 0.1) is 5.92 Å². The van der Waals surface area contributed by atoms with E-state index < -0.39 is 29.4 Å². The molecule has 0 aromatic heterocycles. The molecule has 3 N–H and O–H groups in total. The largest absolute Gasteiger partial charge is 0.351 e. The number of primary amides is 1. The van der Waals surface area contributed by atoms with E-state index in [1.54, 1.807) is 5.32 Å². The number of carbonyl (C=O) groups is 2. The van der Waals surface area contributed by atoms with Gasteiger partial charge in [-0.3, -0.25) is 10.1 Å². The number of nitrogens with one attached hydrogen (secondary N) is 1. The summed E-state index contributed by atoms with van der Waals surface area (Å²) in [7, 11) is 0. The van der Waals surface area contributed by atoms with E-state index in [0.29, 0.717) is 5.02 Å². The van der Waals surface area contributed by atoms with Gasteiger partial charge in [-0.2, -0.15) is 0 Å². The molecule has 1 aromatic rings. The third-order valence-corrected chi connectivity index (χ3v) is 3.33. The quantitative estimate of drug-likeness (QED) is 0.881. The second-order valence-corrected chi connectivity index (χ2v) is 4.93. The van der Waals surface area contributed by atoms with Crippen LogP contribution in [0.1, 0.15) is 5.56 Å². The summed E-state index contributed by atoms with van der Waals surface area (Å²) in [6, 6.07) is 4.53. The van der Waals surface area contributed by atoms with E-state index in [4.69, 9.17) is 17.3 Å². The monoisotopic (exact) mass is 312 g/mol. The van der Waals surface area contributed by atoms with Crippen LogP contribution in [0.2, 0.25) is 5.02 Å². The maximum absolute atomic E-state index is 15.2. The molecule has 110 valence electrons. The summed E-state index contributed by atoms with van der Waals surface area (Å²) in [6.07, 6.45) is 2.65. The minimum atomic E-state index is -2.31. The number of imide groups is 1. The van der Waals surface area contributed by atoms with Gasteiger partial charge in [-0.1, -0.05) is 23.7 Å². The Bertz CT molecular complexity index is 643. The number of alkyl halides is 1. The highest BCUT2D eigenvalue weighted by Gasteiger charge is 2.44. The predicted octanol–water partition coefficient (Wildman–Crippen LogP) is 2.74. The van der Waals surface area contributed by atoms with E-state index in [2.05, 4.69) is 0 Å². The van der Waals surface area contributed by atoms with Crippen LogP contribution < -0.4 is 11.1 Å². The Morgan fingerprint density at radius 2 is 1.90 bits per heavy atom. The van der Waals surface area contributed by atoms with E-state index in [0.717, 1.165) is 18.2 Å². The summed E-state index contributed by atoms with van der Waals surface area (Å²) in [6.45, 7) is 0. The first kappa shape index (κ1) is 15.2. The SMILES string of the molecule is NC(=O)NC(=O)C1C=C(F)C=CC1(F)c1ccc(Cl)cc1. The van der Waals surface area contributed by atoms with Crippen LogP contribution in [0.3, 0.4) is 0 Å². The van der Waals surface area contributed by atoms with Crippen molar-refractivity contribution in [2.45, 2.75) is 5.67 Å². The van der Waals surface area contributed by atoms with Crippen molar-refractivity contribution in [1.29, 1.82) is 0 Å². The summed E-state index contributed by atoms with van der Waals surface area (Å²) in [5, 5.41) is 2.15. The number of halogens is 3. The minimum absolute atomic E-state index is 0.108. The van der Waals surface area contributed by atoms with Crippen LogP contribution in [0.4, 0.5) is 13.6 Å². The Labute approximate surface area is 124 Å². The Balaban J connectivity index is 2.43. The lowest BCUT2D eigenvalue weighted by Crippen LogP contribution is -2.45. The van der Waals surface area contributed by atoms with E-state index in [-0.39, 0.29) is 5.56 Å². The van der Waals surface area contributed by atoms with Crippen molar-refractivity contribution >= 4 is 23.5 Å². The molecule has 0 spiro atoms. The van der Waals surface area contributed by atoms with Gasteiger partial charge in [0.15, 0.2) is 5.67 Å². The Morgan fingerprint density at radius 1 is 1.29 bits per heavy atom. The van der Waals surface area contributed by atoms with Gasteiger partial charge in [0.1, 0.15) is 11.7 Å². The van der Waals surface area contributed by atoms with E-state index in [1.807, 2.05) is 0 Å². The molecular formula is C14H11ClF2N2O2. The molecule has 0 heterocycles. The fraction of sp³-hybridized carbons (Fsp3) is 0.143. The number of hydrogen-bond donors (Lipinski definition) is 2. The number of amides is 3. The number of urea groups is 1. The lowest BCUT2D eigenvalue weighted by molar-refractivity contribution is -0.126. The Kier molecular flexibility index (Phi) is 4.09. The van der Waals surface area contributed by atoms with Crippen LogP contribution in [-0.4, -0.2) is 11.9 Å². The lowest BCUT2D eigenvalue weighted by Gasteiger charge is -2.30. The average molecular weight is 313 g/mol. The van der Waals surface area contributed by atoms with E-state index in [9.17, 15) is 14.0 Å². The molecule has 2 rings (SSSR count). The molecule has 1 aliphatic rings. The average Bonchev–Trinajstić information content (AvgIpc) is 2.41. The highest BCUT2D eigenvalue weighted by Crippen LogP contribution is 2.41. The van der Waals surface area contributed by atoms with Gasteiger partial charge in [-0.25, -0.2) is 13.6 Å². The van der Waals surface area contributed by atoms with Gasteiger partial charge in [0, 0.05) is 5.02 Å². The smallest absolute Gasteiger partial charge is 0.318 e. The molecule has 0 bridgehead atoms. The fourth-order valence-corrected chi connectivity index (χ4v) is 2.21. The molecule has 1 aromatic carbocycles. The van der Waals surface area contributed by atoms with Crippen molar-refractivity contribution in [2.24, 2.45) is 11.7 Å². The van der Waals surface area contributed by atoms with Gasteiger partial charge < -0.3 is 5.73 Å². The molecule has 4 nitrogen and oxygen atoms in total. The molecule has 0 radical (unpaired) electrons. The normalized spacial score (nSPS) is 24.3. The molecule has 7 heteroatoms. The second kappa shape index (κ2) is 5.65. The number of benzene rings is 1. The molecule has 3 amide bonds. The zero-order valence-electron chi connectivity index (χ0n) is 10.6. The first-order chi connectivity index (χ1) is 9.83. The lowest BCUT2D eigenvalue weighted by atomic mass is 9.79. The molecular weight excluding hydrogens is 302 g/mol. The molecule has 0 saturated heterocycles. The van der Waals surface area contributed by atoms with Crippen molar-refractivity contribution < 1.29 is 18.4 Å². The van der Waals surface area contributed by atoms with Crippen LogP contribution >= 0.6 is 11.6 Å². The van der Waals surface area contributed by atoms with Crippen LogP contribution in [0.15, 0.2) is 48.3 Å². The number of allylic oxidation sites excluding steroid dienone is 3. The first-order valence-corrected chi connectivity index (χ1v) is 6.32. The number of hydrogen-bond acceptors (Lipinski definition) is 2. The van der Waals surface area contributed by atoms with Crippen molar-refractivity contribution in [3.8, 4) is 0 Å². The van der Waals surface area contributed by atoms with Crippen LogP contribution in [0.25, 0.3) is 0 Å². The maximum atomic E-state index is 15.2. The number of rotatable bonds is 2. The van der Waals surface area contributed by atoms with Gasteiger partial charge in [0.2, 0.25) is 5.91 Å². The maximum Gasteiger partial charge on any atom is 0.318 e. The molecule has 21 heavy (non-hydrogen) atoms. The van der Waals surface area contributed by atoms with Crippen molar-refractivity contribution in [3.05, 3.63) is 58.9 Å². The second-order valence-electron chi connectivity index (χ2n) is 4.49. The number of carbonyl (C=O) groups excluding carboxylic acids is 2. The zero-order valence-corrected chi connectivity index (χ0v) is 11.4. The third-order valence-electron chi connectivity index (χ3n) is 3.08. The first-order valence-electron chi connectivity index (χ1n) is 5.95. The summed E-state index contributed by atoms with van der Waals surface area (Å²) < 4.78 is 28.6. The molecule has 2 atom stereocenters. The molecule has 0 aliphatic heterocycles. The standard InChI is InChI=1S/C14H11ClF2N2O2/c15-9-3-1-8(2-4-9)14(17)6-5-10(16)7-11(14)12(20)19-13(18)21/h1-7,11H,(H3,18,19,20,21). The third kappa shape index (κ3) is 3.11. The Hall–Kier alpha value is -2.21. The molecule has 1 aliphatic carbocycles. The molecule has 0 saturated carbocycles. The highest BCUT2D eigenvalue weighted by molar-refractivity contribution is 6.30. The summed E-state index contributed by atoms with van der Waals surface area (Å²) >= 11 is 5.73. The van der Waals surface area contributed by atoms with Gasteiger partial charge >= 0.3 is 6.03 Å². The van der Waals surface area contributed by atoms with Crippen LogP contribution in [-0.2, 0) is 10.5 Å². The van der Waals surface area contributed by atoms with Gasteiger partial charge in [0.05, 0.1) is 0 Å². The van der Waals surface area contributed by atoms with Gasteiger partial charge in [-0.15, -0.1) is 0 Å². The molecule has 0 fully saturated rings. The minimum Gasteiger partial charge on any atom is -0.351 e. The van der Waals surface area contributed by atoms with Crippen molar-refractivity contribution in [3.63, 3.8) is 0 Å². The van der Waals surface area contributed by atoms with E-state index >= 15 is 4.39 Å². The highest BCUT2D eigenvalue weighted by atomic mass is 35.5. The van der Waals surface area contributed by atoms with Gasteiger partial charge in [-0.05, 0) is 35.9 Å². The summed E-state index contributed by atoms with van der Waals surface area (Å²) in [4.78, 5) is 22.6. The van der Waals surface area contributed by atoms with E-state index in [1.165, 1.54) is 24.3 Å². The van der Waals surface area contributed by atoms with Gasteiger partial charge in [0.25, 0.3) is 0 Å².